The lowest BCUT2D eigenvalue weighted by atomic mass is 9.92. The zero-order chi connectivity index (χ0) is 16.8. The average molecular weight is 327 g/mol. The molecule has 2 nitrogen and oxygen atoms in total. The second-order valence-electron chi connectivity index (χ2n) is 7.17. The van der Waals surface area contributed by atoms with Crippen molar-refractivity contribution in [2.24, 2.45) is 0 Å². The highest BCUT2D eigenvalue weighted by atomic mass is 16.3. The summed E-state index contributed by atoms with van der Waals surface area (Å²) in [6.45, 7) is 2.08. The van der Waals surface area contributed by atoms with Crippen LogP contribution in [0.1, 0.15) is 60.4 Å². The van der Waals surface area contributed by atoms with Crippen LogP contribution in [-0.2, 0) is 0 Å². The van der Waals surface area contributed by atoms with Crippen molar-refractivity contribution in [1.29, 1.82) is 0 Å². The number of nitrogens with zero attached hydrogens (tertiary/aromatic N) is 1. The van der Waals surface area contributed by atoms with Gasteiger partial charge in [-0.1, -0.05) is 36.4 Å². The molecule has 25 heavy (non-hydrogen) atoms. The molecule has 3 aromatic rings. The summed E-state index contributed by atoms with van der Waals surface area (Å²) in [6.07, 6.45) is 14.4. The van der Waals surface area contributed by atoms with Gasteiger partial charge in [-0.15, -0.1) is 0 Å². The van der Waals surface area contributed by atoms with E-state index in [1.807, 2.05) is 24.5 Å². The number of allylic oxidation sites excluding steroid dienone is 3. The van der Waals surface area contributed by atoms with Gasteiger partial charge in [0.25, 0.3) is 0 Å². The number of hydrogen-bond acceptors (Lipinski definition) is 2. The lowest BCUT2D eigenvalue weighted by Gasteiger charge is -2.15. The molecule has 0 radical (unpaired) electrons. The average Bonchev–Trinajstić information content (AvgIpc) is 3.37. The van der Waals surface area contributed by atoms with Crippen LogP contribution in [0.15, 0.2) is 59.4 Å². The maximum absolute atomic E-state index is 5.63. The molecule has 5 rings (SSSR count). The third-order valence-electron chi connectivity index (χ3n) is 5.84. The first-order valence-electron chi connectivity index (χ1n) is 9.14. The predicted octanol–water partition coefficient (Wildman–Crippen LogP) is 6.31. The first-order chi connectivity index (χ1) is 12.3. The van der Waals surface area contributed by atoms with E-state index in [4.69, 9.17) is 9.40 Å². The van der Waals surface area contributed by atoms with Crippen LogP contribution in [0.3, 0.4) is 0 Å². The molecule has 2 atom stereocenters. The van der Waals surface area contributed by atoms with Crippen molar-refractivity contribution in [1.82, 2.24) is 4.98 Å². The fourth-order valence-electron chi connectivity index (χ4n) is 4.52. The Morgan fingerprint density at radius 2 is 2.00 bits per heavy atom. The van der Waals surface area contributed by atoms with Gasteiger partial charge in [0, 0.05) is 17.1 Å². The number of para-hydroxylation sites is 1. The van der Waals surface area contributed by atoms with Gasteiger partial charge in [0.1, 0.15) is 5.58 Å². The van der Waals surface area contributed by atoms with Crippen LogP contribution in [0.5, 0.6) is 0 Å². The number of furan rings is 1. The highest BCUT2D eigenvalue weighted by Gasteiger charge is 2.37. The number of hydrogen-bond donors (Lipinski definition) is 0. The van der Waals surface area contributed by atoms with Crippen molar-refractivity contribution in [3.8, 4) is 0 Å². The topological polar surface area (TPSA) is 26.0 Å². The third-order valence-corrected chi connectivity index (χ3v) is 5.84. The van der Waals surface area contributed by atoms with Crippen molar-refractivity contribution in [3.05, 3.63) is 77.3 Å². The summed E-state index contributed by atoms with van der Waals surface area (Å²) in [5.74, 6) is 1.53. The zero-order valence-electron chi connectivity index (χ0n) is 14.4. The molecule has 2 heterocycles. The van der Waals surface area contributed by atoms with Crippen LogP contribution < -0.4 is 0 Å². The minimum atomic E-state index is 0.765. The van der Waals surface area contributed by atoms with Gasteiger partial charge in [0.15, 0.2) is 0 Å². The van der Waals surface area contributed by atoms with Gasteiger partial charge >= 0.3 is 0 Å². The van der Waals surface area contributed by atoms with E-state index in [0.29, 0.717) is 0 Å². The number of pyridine rings is 1. The Morgan fingerprint density at radius 1 is 1.16 bits per heavy atom. The lowest BCUT2D eigenvalue weighted by Crippen LogP contribution is -2.00. The fraction of sp³-hybridized carbons (Fsp3) is 0.261. The lowest BCUT2D eigenvalue weighted by molar-refractivity contribution is 0.615. The van der Waals surface area contributed by atoms with E-state index in [9.17, 15) is 0 Å². The highest BCUT2D eigenvalue weighted by molar-refractivity contribution is 5.89. The first-order valence-corrected chi connectivity index (χ1v) is 9.14. The Kier molecular flexibility index (Phi) is 3.37. The quantitative estimate of drug-likeness (QED) is 0.527. The molecule has 2 aromatic heterocycles. The molecule has 124 valence electrons. The highest BCUT2D eigenvalue weighted by Crippen LogP contribution is 2.53. The minimum Gasteiger partial charge on any atom is -0.464 e. The van der Waals surface area contributed by atoms with Gasteiger partial charge in [0.05, 0.1) is 12.0 Å². The summed E-state index contributed by atoms with van der Waals surface area (Å²) < 4.78 is 5.63. The Hall–Kier alpha value is -2.61. The normalized spacial score (nSPS) is 22.2. The summed E-state index contributed by atoms with van der Waals surface area (Å²) in [5, 5.41) is 1.15. The molecule has 0 amide bonds. The van der Waals surface area contributed by atoms with Gasteiger partial charge in [-0.25, -0.2) is 0 Å². The Labute approximate surface area is 147 Å². The van der Waals surface area contributed by atoms with Crippen LogP contribution in [0.2, 0.25) is 0 Å². The van der Waals surface area contributed by atoms with Crippen molar-refractivity contribution in [2.45, 2.75) is 38.0 Å². The Morgan fingerprint density at radius 3 is 2.88 bits per heavy atom. The molecule has 2 heteroatoms. The molecule has 2 unspecified atom stereocenters. The molecule has 2 aliphatic carbocycles. The molecular weight excluding hydrogens is 306 g/mol. The smallest absolute Gasteiger partial charge is 0.134 e. The van der Waals surface area contributed by atoms with Crippen molar-refractivity contribution in [2.75, 3.05) is 0 Å². The largest absolute Gasteiger partial charge is 0.464 e. The van der Waals surface area contributed by atoms with Crippen LogP contribution in [0.25, 0.3) is 22.6 Å². The molecular formula is C23H21NO. The molecule has 1 fully saturated rings. The van der Waals surface area contributed by atoms with Gasteiger partial charge in [-0.3, -0.25) is 4.98 Å². The van der Waals surface area contributed by atoms with Crippen LogP contribution >= 0.6 is 0 Å². The SMILES string of the molecule is C/C=C(\C=C/c1coc2ccccc12)c1cc2c(cn1)C1CCC2C1. The first kappa shape index (κ1) is 14.7. The monoisotopic (exact) mass is 327 g/mol. The summed E-state index contributed by atoms with van der Waals surface area (Å²) >= 11 is 0. The van der Waals surface area contributed by atoms with Crippen molar-refractivity contribution >= 4 is 22.6 Å². The summed E-state index contributed by atoms with van der Waals surface area (Å²) in [6, 6.07) is 10.5. The summed E-state index contributed by atoms with van der Waals surface area (Å²) in [4.78, 5) is 4.76. The number of rotatable bonds is 3. The Bertz CT molecular complexity index is 1010. The number of aromatic nitrogens is 1. The minimum absolute atomic E-state index is 0.765. The summed E-state index contributed by atoms with van der Waals surface area (Å²) in [5.41, 5.74) is 7.32. The van der Waals surface area contributed by atoms with Gasteiger partial charge in [-0.2, -0.15) is 0 Å². The second-order valence-corrected chi connectivity index (χ2v) is 7.17. The van der Waals surface area contributed by atoms with Crippen LogP contribution in [-0.4, -0.2) is 4.98 Å². The fourth-order valence-corrected chi connectivity index (χ4v) is 4.52. The molecule has 2 bridgehead atoms. The Balaban J connectivity index is 1.48. The molecule has 0 spiro atoms. The zero-order valence-corrected chi connectivity index (χ0v) is 14.4. The molecule has 0 aliphatic heterocycles. The maximum Gasteiger partial charge on any atom is 0.134 e. The molecule has 2 aliphatic rings. The van der Waals surface area contributed by atoms with E-state index in [-0.39, 0.29) is 0 Å². The maximum atomic E-state index is 5.63. The predicted molar refractivity (Wildman–Crippen MR) is 102 cm³/mol. The second kappa shape index (κ2) is 5.73. The molecule has 1 saturated carbocycles. The standard InChI is InChI=1S/C23H21NO/c1-2-15(7-10-18-14-25-23-6-4-3-5-19(18)23)22-12-20-16-8-9-17(11-16)21(20)13-24-22/h2-7,10,12-14,16-17H,8-9,11H2,1H3/b10-7-,15-2+. The van der Waals surface area contributed by atoms with Gasteiger partial charge < -0.3 is 4.42 Å². The van der Waals surface area contributed by atoms with Crippen LogP contribution in [0.4, 0.5) is 0 Å². The van der Waals surface area contributed by atoms with Crippen molar-refractivity contribution < 1.29 is 4.42 Å². The van der Waals surface area contributed by atoms with Gasteiger partial charge in [0.2, 0.25) is 0 Å². The molecule has 1 aromatic carbocycles. The molecule has 0 saturated heterocycles. The number of benzene rings is 1. The van der Waals surface area contributed by atoms with E-state index in [1.54, 1.807) is 5.56 Å². The van der Waals surface area contributed by atoms with Crippen LogP contribution in [0, 0.1) is 0 Å². The summed E-state index contributed by atoms with van der Waals surface area (Å²) in [7, 11) is 0. The van der Waals surface area contributed by atoms with E-state index >= 15 is 0 Å². The number of fused-ring (bicyclic) bond motifs is 6. The van der Waals surface area contributed by atoms with E-state index < -0.39 is 0 Å². The van der Waals surface area contributed by atoms with E-state index in [0.717, 1.165) is 39.6 Å². The van der Waals surface area contributed by atoms with Gasteiger partial charge in [-0.05, 0) is 66.9 Å². The van der Waals surface area contributed by atoms with Crippen molar-refractivity contribution in [3.63, 3.8) is 0 Å². The third kappa shape index (κ3) is 2.36. The van der Waals surface area contributed by atoms with E-state index in [1.165, 1.54) is 24.8 Å². The van der Waals surface area contributed by atoms with E-state index in [2.05, 4.69) is 43.5 Å². The molecule has 0 N–H and O–H groups in total.